The molecule has 1 saturated carbocycles. The summed E-state index contributed by atoms with van der Waals surface area (Å²) >= 11 is 5.87. The number of nitrogens with zero attached hydrogens (tertiary/aromatic N) is 2. The van der Waals surface area contributed by atoms with Gasteiger partial charge in [0.2, 0.25) is 0 Å². The van der Waals surface area contributed by atoms with Crippen molar-refractivity contribution in [3.63, 3.8) is 0 Å². The van der Waals surface area contributed by atoms with E-state index in [9.17, 15) is 0 Å². The number of nitrogens with two attached hydrogens (primary N) is 1. The molecule has 4 heteroatoms. The van der Waals surface area contributed by atoms with E-state index in [0.717, 1.165) is 11.7 Å². The Morgan fingerprint density at radius 2 is 2.00 bits per heavy atom. The molecular formula is C13H20ClN3. The highest BCUT2D eigenvalue weighted by atomic mass is 35.5. The topological polar surface area (TPSA) is 42.2 Å². The summed E-state index contributed by atoms with van der Waals surface area (Å²) in [7, 11) is 2.08. The van der Waals surface area contributed by atoms with Gasteiger partial charge in [-0.05, 0) is 37.7 Å². The third-order valence-electron chi connectivity index (χ3n) is 3.73. The van der Waals surface area contributed by atoms with E-state index in [2.05, 4.69) is 23.9 Å². The normalized spacial score (nSPS) is 24.6. The van der Waals surface area contributed by atoms with Crippen molar-refractivity contribution in [2.45, 2.75) is 38.6 Å². The van der Waals surface area contributed by atoms with E-state index < -0.39 is 0 Å². The highest BCUT2D eigenvalue weighted by molar-refractivity contribution is 6.30. The van der Waals surface area contributed by atoms with Gasteiger partial charge in [0.1, 0.15) is 0 Å². The van der Waals surface area contributed by atoms with Crippen LogP contribution in [0.3, 0.4) is 0 Å². The number of anilines is 2. The van der Waals surface area contributed by atoms with E-state index in [1.165, 1.54) is 25.7 Å². The fourth-order valence-electron chi connectivity index (χ4n) is 2.55. The number of halogens is 1. The summed E-state index contributed by atoms with van der Waals surface area (Å²) in [6.07, 6.45) is 6.70. The van der Waals surface area contributed by atoms with Crippen molar-refractivity contribution >= 4 is 23.1 Å². The maximum absolute atomic E-state index is 5.97. The Bertz CT molecular complexity index is 386. The largest absolute Gasteiger partial charge is 0.396 e. The van der Waals surface area contributed by atoms with Gasteiger partial charge >= 0.3 is 0 Å². The van der Waals surface area contributed by atoms with Gasteiger partial charge in [0.25, 0.3) is 0 Å². The average Bonchev–Trinajstić information content (AvgIpc) is 2.29. The average molecular weight is 254 g/mol. The SMILES string of the molecule is CC1CCC(N(C)c2ncc(Cl)cc2N)CC1. The van der Waals surface area contributed by atoms with E-state index in [1.807, 2.05) is 0 Å². The van der Waals surface area contributed by atoms with Crippen molar-refractivity contribution in [2.24, 2.45) is 5.92 Å². The van der Waals surface area contributed by atoms with E-state index >= 15 is 0 Å². The molecule has 1 fully saturated rings. The highest BCUT2D eigenvalue weighted by Gasteiger charge is 2.23. The molecule has 1 heterocycles. The molecule has 3 nitrogen and oxygen atoms in total. The third kappa shape index (κ3) is 2.83. The molecule has 0 atom stereocenters. The first-order valence-corrected chi connectivity index (χ1v) is 6.59. The standard InChI is InChI=1S/C13H20ClN3/c1-9-3-5-11(6-4-9)17(2)13-12(15)7-10(14)8-16-13/h7-9,11H,3-6,15H2,1-2H3. The molecule has 0 amide bonds. The minimum Gasteiger partial charge on any atom is -0.396 e. The van der Waals surface area contributed by atoms with Gasteiger partial charge in [0.15, 0.2) is 5.82 Å². The van der Waals surface area contributed by atoms with E-state index in [1.54, 1.807) is 12.3 Å². The molecule has 1 aromatic heterocycles. The molecule has 1 aliphatic carbocycles. The number of rotatable bonds is 2. The van der Waals surface area contributed by atoms with Crippen molar-refractivity contribution < 1.29 is 0 Å². The number of pyridine rings is 1. The van der Waals surface area contributed by atoms with Gasteiger partial charge in [0.05, 0.1) is 10.7 Å². The van der Waals surface area contributed by atoms with Gasteiger partial charge in [0, 0.05) is 19.3 Å². The smallest absolute Gasteiger partial charge is 0.151 e. The fraction of sp³-hybridized carbons (Fsp3) is 0.615. The van der Waals surface area contributed by atoms with Crippen molar-refractivity contribution in [1.82, 2.24) is 4.98 Å². The molecule has 0 spiro atoms. The molecule has 0 bridgehead atoms. The second kappa shape index (κ2) is 5.13. The van der Waals surface area contributed by atoms with E-state index in [4.69, 9.17) is 17.3 Å². The monoisotopic (exact) mass is 253 g/mol. The van der Waals surface area contributed by atoms with Crippen LogP contribution in [0.15, 0.2) is 12.3 Å². The van der Waals surface area contributed by atoms with Gasteiger partial charge in [-0.15, -0.1) is 0 Å². The van der Waals surface area contributed by atoms with Crippen molar-refractivity contribution in [2.75, 3.05) is 17.7 Å². The molecule has 0 saturated heterocycles. The predicted molar refractivity (Wildman–Crippen MR) is 73.5 cm³/mol. The van der Waals surface area contributed by atoms with Gasteiger partial charge in [-0.1, -0.05) is 18.5 Å². The lowest BCUT2D eigenvalue weighted by atomic mass is 9.87. The van der Waals surface area contributed by atoms with Crippen LogP contribution in [0.4, 0.5) is 11.5 Å². The maximum Gasteiger partial charge on any atom is 0.151 e. The summed E-state index contributed by atoms with van der Waals surface area (Å²) in [5.41, 5.74) is 6.63. The minimum atomic E-state index is 0.558. The molecule has 1 aromatic rings. The second-order valence-corrected chi connectivity index (χ2v) is 5.53. The summed E-state index contributed by atoms with van der Waals surface area (Å²) in [6.45, 7) is 2.32. The van der Waals surface area contributed by atoms with Crippen LogP contribution in [0, 0.1) is 5.92 Å². The Morgan fingerprint density at radius 1 is 1.35 bits per heavy atom. The van der Waals surface area contributed by atoms with Crippen LogP contribution in [-0.4, -0.2) is 18.1 Å². The Labute approximate surface area is 108 Å². The van der Waals surface area contributed by atoms with Crippen molar-refractivity contribution in [3.05, 3.63) is 17.3 Å². The summed E-state index contributed by atoms with van der Waals surface area (Å²) in [6, 6.07) is 2.33. The Morgan fingerprint density at radius 3 is 2.59 bits per heavy atom. The minimum absolute atomic E-state index is 0.558. The first-order chi connectivity index (χ1) is 8.08. The Hall–Kier alpha value is -0.960. The molecule has 94 valence electrons. The molecule has 1 aliphatic rings. The lowest BCUT2D eigenvalue weighted by Gasteiger charge is -2.34. The van der Waals surface area contributed by atoms with Crippen LogP contribution in [0.5, 0.6) is 0 Å². The summed E-state index contributed by atoms with van der Waals surface area (Å²) in [4.78, 5) is 6.55. The van der Waals surface area contributed by atoms with Crippen LogP contribution in [0.2, 0.25) is 5.02 Å². The number of hydrogen-bond donors (Lipinski definition) is 1. The van der Waals surface area contributed by atoms with E-state index in [0.29, 0.717) is 16.8 Å². The van der Waals surface area contributed by atoms with Crippen LogP contribution < -0.4 is 10.6 Å². The third-order valence-corrected chi connectivity index (χ3v) is 3.94. The van der Waals surface area contributed by atoms with Crippen molar-refractivity contribution in [1.29, 1.82) is 0 Å². The highest BCUT2D eigenvalue weighted by Crippen LogP contribution is 2.31. The van der Waals surface area contributed by atoms with Crippen LogP contribution in [0.25, 0.3) is 0 Å². The van der Waals surface area contributed by atoms with E-state index in [-0.39, 0.29) is 0 Å². The Kier molecular flexibility index (Phi) is 3.77. The molecule has 2 N–H and O–H groups in total. The van der Waals surface area contributed by atoms with Gasteiger partial charge in [-0.3, -0.25) is 0 Å². The molecule has 17 heavy (non-hydrogen) atoms. The quantitative estimate of drug-likeness (QED) is 0.879. The van der Waals surface area contributed by atoms with Crippen LogP contribution in [-0.2, 0) is 0 Å². The number of aromatic nitrogens is 1. The molecule has 2 rings (SSSR count). The summed E-state index contributed by atoms with van der Waals surface area (Å²) < 4.78 is 0. The van der Waals surface area contributed by atoms with Crippen LogP contribution in [0.1, 0.15) is 32.6 Å². The zero-order chi connectivity index (χ0) is 12.4. The Balaban J connectivity index is 2.11. The zero-order valence-electron chi connectivity index (χ0n) is 10.5. The number of hydrogen-bond acceptors (Lipinski definition) is 3. The fourth-order valence-corrected chi connectivity index (χ4v) is 2.71. The van der Waals surface area contributed by atoms with Crippen LogP contribution >= 0.6 is 11.6 Å². The lowest BCUT2D eigenvalue weighted by molar-refractivity contribution is 0.340. The van der Waals surface area contributed by atoms with Gasteiger partial charge < -0.3 is 10.6 Å². The zero-order valence-corrected chi connectivity index (χ0v) is 11.2. The molecule has 0 aromatic carbocycles. The first kappa shape index (κ1) is 12.5. The first-order valence-electron chi connectivity index (χ1n) is 6.21. The number of nitrogen functional groups attached to an aromatic ring is 1. The summed E-state index contributed by atoms with van der Waals surface area (Å²) in [5.74, 6) is 1.71. The van der Waals surface area contributed by atoms with Gasteiger partial charge in [-0.2, -0.15) is 0 Å². The molecule has 0 radical (unpaired) electrons. The van der Waals surface area contributed by atoms with Gasteiger partial charge in [-0.25, -0.2) is 4.98 Å². The maximum atomic E-state index is 5.97. The second-order valence-electron chi connectivity index (χ2n) is 5.09. The lowest BCUT2D eigenvalue weighted by Crippen LogP contribution is -2.35. The molecular weight excluding hydrogens is 234 g/mol. The van der Waals surface area contributed by atoms with Crippen molar-refractivity contribution in [3.8, 4) is 0 Å². The molecule has 0 aliphatic heterocycles. The molecule has 0 unspecified atom stereocenters. The predicted octanol–water partition coefficient (Wildman–Crippen LogP) is 3.33. The summed E-state index contributed by atoms with van der Waals surface area (Å²) in [5, 5.41) is 0.594.